The second-order valence-corrected chi connectivity index (χ2v) is 6.72. The van der Waals surface area contributed by atoms with E-state index in [1.54, 1.807) is 7.11 Å². The molecule has 0 saturated heterocycles. The lowest BCUT2D eigenvalue weighted by molar-refractivity contribution is -0.138. The first kappa shape index (κ1) is 13.6. The number of aliphatic carboxylic acids is 1. The van der Waals surface area contributed by atoms with Gasteiger partial charge >= 0.3 is 5.97 Å². The molecule has 0 bridgehead atoms. The Labute approximate surface area is 127 Å². The summed E-state index contributed by atoms with van der Waals surface area (Å²) in [6, 6.07) is 5.61. The number of carbonyl (C=O) groups is 2. The highest BCUT2D eigenvalue weighted by Crippen LogP contribution is 2.43. The zero-order valence-corrected chi connectivity index (χ0v) is 13.0. The van der Waals surface area contributed by atoms with Gasteiger partial charge in [-0.05, 0) is 45.9 Å². The van der Waals surface area contributed by atoms with Crippen molar-refractivity contribution in [1.82, 2.24) is 0 Å². The number of Topliss-reactive ketones (excluding diaryl/α,β-unsaturated/α-hetero) is 1. The first-order chi connectivity index (χ1) is 9.51. The molecule has 2 aromatic rings. The first-order valence-corrected chi connectivity index (χ1v) is 7.66. The van der Waals surface area contributed by atoms with E-state index in [9.17, 15) is 9.59 Å². The molecule has 2 unspecified atom stereocenters. The fraction of sp³-hybridized carbons (Fsp3) is 0.286. The maximum Gasteiger partial charge on any atom is 0.307 e. The molecule has 0 spiro atoms. The van der Waals surface area contributed by atoms with E-state index in [2.05, 4.69) is 15.9 Å². The summed E-state index contributed by atoms with van der Waals surface area (Å²) in [4.78, 5) is 23.7. The van der Waals surface area contributed by atoms with Gasteiger partial charge in [0.25, 0.3) is 0 Å². The smallest absolute Gasteiger partial charge is 0.307 e. The van der Waals surface area contributed by atoms with Crippen LogP contribution >= 0.6 is 27.3 Å². The normalized spacial score (nSPS) is 20.9. The van der Waals surface area contributed by atoms with Gasteiger partial charge in [0.2, 0.25) is 0 Å². The second-order valence-electron chi connectivity index (χ2n) is 4.79. The molecule has 0 amide bonds. The third kappa shape index (κ3) is 2.23. The summed E-state index contributed by atoms with van der Waals surface area (Å²) in [5.41, 5.74) is 0. The third-order valence-corrected chi connectivity index (χ3v) is 5.21. The van der Waals surface area contributed by atoms with Gasteiger partial charge in [-0.15, -0.1) is 11.3 Å². The first-order valence-electron chi connectivity index (χ1n) is 6.05. The highest BCUT2D eigenvalue weighted by Gasteiger charge is 2.48. The summed E-state index contributed by atoms with van der Waals surface area (Å²) in [5.74, 6) is -1.09. The van der Waals surface area contributed by atoms with Crippen LogP contribution in [0.4, 0.5) is 0 Å². The molecule has 6 heteroatoms. The zero-order valence-electron chi connectivity index (χ0n) is 10.6. The molecule has 1 aliphatic carbocycles. The molecular formula is C14H11BrO4S. The Morgan fingerprint density at radius 3 is 2.70 bits per heavy atom. The molecule has 4 nitrogen and oxygen atoms in total. The highest BCUT2D eigenvalue weighted by molar-refractivity contribution is 9.10. The van der Waals surface area contributed by atoms with Gasteiger partial charge in [-0.1, -0.05) is 0 Å². The quantitative estimate of drug-likeness (QED) is 0.852. The van der Waals surface area contributed by atoms with Crippen molar-refractivity contribution in [3.8, 4) is 5.75 Å². The minimum absolute atomic E-state index is 0.0614. The van der Waals surface area contributed by atoms with E-state index in [1.807, 2.05) is 18.2 Å². The van der Waals surface area contributed by atoms with E-state index in [0.29, 0.717) is 17.0 Å². The van der Waals surface area contributed by atoms with Crippen molar-refractivity contribution in [2.24, 2.45) is 11.8 Å². The van der Waals surface area contributed by atoms with Crippen LogP contribution in [0.2, 0.25) is 0 Å². The summed E-state index contributed by atoms with van der Waals surface area (Å²) in [6.07, 6.45) is 0.454. The van der Waals surface area contributed by atoms with Gasteiger partial charge in [0.1, 0.15) is 5.75 Å². The van der Waals surface area contributed by atoms with Crippen LogP contribution in [-0.2, 0) is 4.79 Å². The number of thiophene rings is 1. The molecule has 1 aromatic heterocycles. The summed E-state index contributed by atoms with van der Waals surface area (Å²) >= 11 is 4.79. The fourth-order valence-electron chi connectivity index (χ4n) is 2.26. The predicted octanol–water partition coefficient (Wildman–Crippen LogP) is 3.58. The van der Waals surface area contributed by atoms with E-state index in [0.717, 1.165) is 14.6 Å². The monoisotopic (exact) mass is 354 g/mol. The number of methoxy groups -OCH3 is 1. The molecule has 1 fully saturated rings. The van der Waals surface area contributed by atoms with Gasteiger partial charge in [0.05, 0.1) is 22.4 Å². The minimum atomic E-state index is -0.881. The highest BCUT2D eigenvalue weighted by atomic mass is 79.9. The summed E-state index contributed by atoms with van der Waals surface area (Å²) in [7, 11) is 1.59. The van der Waals surface area contributed by atoms with E-state index >= 15 is 0 Å². The van der Waals surface area contributed by atoms with Gasteiger partial charge in [0.15, 0.2) is 5.78 Å². The number of carbonyl (C=O) groups excluding carboxylic acids is 1. The molecule has 2 atom stereocenters. The number of hydrogen-bond donors (Lipinski definition) is 1. The Bertz CT molecular complexity index is 721. The molecule has 1 heterocycles. The molecule has 0 aliphatic heterocycles. The van der Waals surface area contributed by atoms with Gasteiger partial charge in [-0.3, -0.25) is 9.59 Å². The van der Waals surface area contributed by atoms with E-state index < -0.39 is 11.9 Å². The number of benzene rings is 1. The standard InChI is InChI=1S/C14H11BrO4S/c1-19-10-5-11-6(2-9(10)15)3-12(20-11)13(16)7-4-8(7)14(17)18/h2-3,5,7-8H,4H2,1H3,(H,17,18). The fourth-order valence-corrected chi connectivity index (χ4v) is 3.86. The van der Waals surface area contributed by atoms with Crippen molar-refractivity contribution in [1.29, 1.82) is 0 Å². The van der Waals surface area contributed by atoms with Crippen molar-refractivity contribution < 1.29 is 19.4 Å². The van der Waals surface area contributed by atoms with Gasteiger partial charge < -0.3 is 9.84 Å². The number of fused-ring (bicyclic) bond motifs is 1. The van der Waals surface area contributed by atoms with Crippen LogP contribution in [-0.4, -0.2) is 24.0 Å². The molecular weight excluding hydrogens is 344 g/mol. The van der Waals surface area contributed by atoms with E-state index in [-0.39, 0.29) is 11.7 Å². The van der Waals surface area contributed by atoms with Crippen LogP contribution < -0.4 is 4.74 Å². The van der Waals surface area contributed by atoms with Crippen molar-refractivity contribution in [2.45, 2.75) is 6.42 Å². The lowest BCUT2D eigenvalue weighted by atomic mass is 10.1. The number of rotatable bonds is 4. The number of carboxylic acids is 1. The largest absolute Gasteiger partial charge is 0.496 e. The van der Waals surface area contributed by atoms with Crippen LogP contribution in [0.25, 0.3) is 10.1 Å². The molecule has 1 aromatic carbocycles. The van der Waals surface area contributed by atoms with Crippen LogP contribution in [0.15, 0.2) is 22.7 Å². The topological polar surface area (TPSA) is 63.6 Å². The Morgan fingerprint density at radius 2 is 2.10 bits per heavy atom. The number of ketones is 1. The third-order valence-electron chi connectivity index (χ3n) is 3.48. The van der Waals surface area contributed by atoms with Gasteiger partial charge in [-0.2, -0.15) is 0 Å². The molecule has 1 aliphatic rings. The lowest BCUT2D eigenvalue weighted by Crippen LogP contribution is -2.06. The molecule has 0 radical (unpaired) electrons. The lowest BCUT2D eigenvalue weighted by Gasteiger charge is -2.01. The van der Waals surface area contributed by atoms with Crippen LogP contribution in [0.1, 0.15) is 16.1 Å². The van der Waals surface area contributed by atoms with Crippen LogP contribution in [0, 0.1) is 11.8 Å². The maximum atomic E-state index is 12.2. The minimum Gasteiger partial charge on any atom is -0.496 e. The molecule has 20 heavy (non-hydrogen) atoms. The molecule has 104 valence electrons. The summed E-state index contributed by atoms with van der Waals surface area (Å²) < 4.78 is 7.02. The van der Waals surface area contributed by atoms with Crippen molar-refractivity contribution in [3.63, 3.8) is 0 Å². The molecule has 1 saturated carbocycles. The Balaban J connectivity index is 1.93. The Hall–Kier alpha value is -1.40. The van der Waals surface area contributed by atoms with Crippen molar-refractivity contribution in [3.05, 3.63) is 27.5 Å². The number of halogens is 1. The average Bonchev–Trinajstić information content (AvgIpc) is 3.11. The van der Waals surface area contributed by atoms with Crippen LogP contribution in [0.5, 0.6) is 5.75 Å². The molecule has 3 rings (SSSR count). The summed E-state index contributed by atoms with van der Waals surface area (Å²) in [6.45, 7) is 0. The van der Waals surface area contributed by atoms with E-state index in [4.69, 9.17) is 9.84 Å². The average molecular weight is 355 g/mol. The van der Waals surface area contributed by atoms with Crippen LogP contribution in [0.3, 0.4) is 0 Å². The second kappa shape index (κ2) is 4.86. The number of ether oxygens (including phenoxy) is 1. The van der Waals surface area contributed by atoms with E-state index in [1.165, 1.54) is 11.3 Å². The zero-order chi connectivity index (χ0) is 14.4. The molecule has 1 N–H and O–H groups in total. The van der Waals surface area contributed by atoms with Crippen molar-refractivity contribution >= 4 is 49.1 Å². The Morgan fingerprint density at radius 1 is 1.35 bits per heavy atom. The number of carboxylic acid groups (broad SMARTS) is 1. The van der Waals surface area contributed by atoms with Gasteiger partial charge in [-0.25, -0.2) is 0 Å². The van der Waals surface area contributed by atoms with Gasteiger partial charge in [0, 0.05) is 10.6 Å². The summed E-state index contributed by atoms with van der Waals surface area (Å²) in [5, 5.41) is 9.85. The SMILES string of the molecule is COc1cc2sc(C(=O)C3CC3C(=O)O)cc2cc1Br. The number of hydrogen-bond acceptors (Lipinski definition) is 4. The predicted molar refractivity (Wildman–Crippen MR) is 79.6 cm³/mol. The van der Waals surface area contributed by atoms with Crippen molar-refractivity contribution in [2.75, 3.05) is 7.11 Å². The maximum absolute atomic E-state index is 12.2. The Kier molecular flexibility index (Phi) is 3.30.